The molecule has 402 valence electrons. The number of anilines is 5. The monoisotopic (exact) mass is 1100 g/mol. The van der Waals surface area contributed by atoms with E-state index in [-0.39, 0.29) is 5.92 Å². The summed E-state index contributed by atoms with van der Waals surface area (Å²) in [5.74, 6) is 0.297. The van der Waals surface area contributed by atoms with Gasteiger partial charge in [0.15, 0.2) is 0 Å². The second-order valence-corrected chi connectivity index (χ2v) is 24.3. The molecule has 3 unspecified atom stereocenters. The number of benzene rings is 12. The highest BCUT2D eigenvalue weighted by Crippen LogP contribution is 2.64. The standard InChI is InChI=1S/C82H58N2S/c1-3-24-61(25-4-1)83(63-49-50-72-69(53-63)68-30-11-12-33-71(68)82(72)73-34-13-15-36-75(73)84(62-26-5-2-6-27-62)76-37-16-14-35-74(76)82)77-38-19-39-79-81(77)70-52-60(48-51-78(70)85-79)80(58-44-40-56(41-45-58)66-31-17-22-54-20-7-9-28-64(54)66)59-46-42-57(43-47-59)67-32-18-23-55-21-8-10-29-65(55)67/h1-15,17-36,38-42,44-53,57,80H,16,37,43H2. The molecule has 1 aromatic heterocycles. The summed E-state index contributed by atoms with van der Waals surface area (Å²) in [6.07, 6.45) is 15.2. The maximum atomic E-state index is 2.54. The van der Waals surface area contributed by atoms with Crippen LogP contribution >= 0.6 is 11.3 Å². The van der Waals surface area contributed by atoms with Crippen LogP contribution in [0.5, 0.6) is 0 Å². The summed E-state index contributed by atoms with van der Waals surface area (Å²) in [5, 5.41) is 7.69. The molecule has 2 heterocycles. The van der Waals surface area contributed by atoms with Crippen LogP contribution in [0.1, 0.15) is 64.5 Å². The van der Waals surface area contributed by atoms with Gasteiger partial charge in [-0.05, 0) is 174 Å². The minimum absolute atomic E-state index is 0.00598. The van der Waals surface area contributed by atoms with Crippen LogP contribution in [0.4, 0.5) is 28.4 Å². The fraction of sp³-hybridized carbons (Fsp3) is 0.0732. The van der Waals surface area contributed by atoms with Gasteiger partial charge >= 0.3 is 0 Å². The normalized spacial score (nSPS) is 17.1. The average Bonchev–Trinajstić information content (AvgIpc) is 1.63. The van der Waals surface area contributed by atoms with E-state index in [4.69, 9.17) is 0 Å². The lowest BCUT2D eigenvalue weighted by Gasteiger charge is -2.47. The molecule has 0 N–H and O–H groups in total. The third-order valence-corrected chi connectivity index (χ3v) is 19.9. The molecule has 0 amide bonds. The molecule has 13 aromatic rings. The molecule has 0 bridgehead atoms. The minimum Gasteiger partial charge on any atom is -0.314 e. The van der Waals surface area contributed by atoms with E-state index < -0.39 is 5.41 Å². The predicted molar refractivity (Wildman–Crippen MR) is 360 cm³/mol. The SMILES string of the molecule is C1=CC2=C(CC1)N(c1ccccc1)c1ccccc1C21c2ccccc2-c2cc(N(c3ccccc3)c3cccc4sc5ccc(C(C6=CCC(c7cccc8ccccc78)C=C6)c6ccc(-c7cccc8ccccc78)cc6)cc5c34)ccc21. The van der Waals surface area contributed by atoms with Crippen LogP contribution in [0.2, 0.25) is 0 Å². The Hall–Kier alpha value is -10.1. The number of hydrogen-bond donors (Lipinski definition) is 0. The third kappa shape index (κ3) is 7.84. The molecular weight excluding hydrogens is 1040 g/mol. The van der Waals surface area contributed by atoms with Gasteiger partial charge < -0.3 is 9.80 Å². The van der Waals surface area contributed by atoms with Crippen LogP contribution in [-0.2, 0) is 5.41 Å². The van der Waals surface area contributed by atoms with Crippen molar-refractivity contribution in [2.24, 2.45) is 0 Å². The summed E-state index contributed by atoms with van der Waals surface area (Å²) >= 11 is 1.89. The molecule has 1 spiro atoms. The number of para-hydroxylation sites is 3. The quantitative estimate of drug-likeness (QED) is 0.142. The van der Waals surface area contributed by atoms with Gasteiger partial charge in [0, 0.05) is 54.8 Å². The van der Waals surface area contributed by atoms with Gasteiger partial charge in [-0.15, -0.1) is 11.3 Å². The van der Waals surface area contributed by atoms with Crippen molar-refractivity contribution in [3.63, 3.8) is 0 Å². The molecule has 4 aliphatic rings. The first-order chi connectivity index (χ1) is 42.2. The fourth-order valence-electron chi connectivity index (χ4n) is 15.1. The van der Waals surface area contributed by atoms with Crippen molar-refractivity contribution >= 4 is 81.5 Å². The van der Waals surface area contributed by atoms with E-state index in [1.807, 2.05) is 11.3 Å². The van der Waals surface area contributed by atoms with Gasteiger partial charge in [-0.2, -0.15) is 0 Å². The molecule has 12 aromatic carbocycles. The van der Waals surface area contributed by atoms with Crippen molar-refractivity contribution in [2.75, 3.05) is 9.80 Å². The Kier molecular flexibility index (Phi) is 11.7. The number of rotatable bonds is 9. The summed E-state index contributed by atoms with van der Waals surface area (Å²) in [6.45, 7) is 0. The topological polar surface area (TPSA) is 6.48 Å². The van der Waals surface area contributed by atoms with E-state index in [1.165, 1.54) is 131 Å². The van der Waals surface area contributed by atoms with Crippen molar-refractivity contribution in [1.29, 1.82) is 0 Å². The summed E-state index contributed by atoms with van der Waals surface area (Å²) < 4.78 is 2.55. The zero-order valence-corrected chi connectivity index (χ0v) is 47.8. The van der Waals surface area contributed by atoms with E-state index in [9.17, 15) is 0 Å². The summed E-state index contributed by atoms with van der Waals surface area (Å²) in [6, 6.07) is 102. The molecule has 1 aliphatic heterocycles. The highest BCUT2D eigenvalue weighted by Gasteiger charge is 2.52. The van der Waals surface area contributed by atoms with Gasteiger partial charge in [0.05, 0.1) is 16.8 Å². The van der Waals surface area contributed by atoms with Gasteiger partial charge in [-0.1, -0.05) is 237 Å². The Morgan fingerprint density at radius 1 is 0.482 bits per heavy atom. The highest BCUT2D eigenvalue weighted by molar-refractivity contribution is 7.26. The first kappa shape index (κ1) is 49.5. The van der Waals surface area contributed by atoms with Crippen LogP contribution in [0.3, 0.4) is 0 Å². The fourth-order valence-corrected chi connectivity index (χ4v) is 16.2. The largest absolute Gasteiger partial charge is 0.314 e. The maximum absolute atomic E-state index is 2.54. The minimum atomic E-state index is -0.497. The molecule has 0 radical (unpaired) electrons. The van der Waals surface area contributed by atoms with Crippen LogP contribution in [0.25, 0.3) is 64.0 Å². The molecule has 0 saturated heterocycles. The lowest BCUT2D eigenvalue weighted by Crippen LogP contribution is -2.39. The van der Waals surface area contributed by atoms with E-state index in [0.717, 1.165) is 30.6 Å². The van der Waals surface area contributed by atoms with Crippen molar-refractivity contribution in [3.05, 3.63) is 354 Å². The zero-order valence-electron chi connectivity index (χ0n) is 46.9. The lowest BCUT2D eigenvalue weighted by atomic mass is 9.63. The zero-order chi connectivity index (χ0) is 56.0. The second kappa shape index (κ2) is 20.1. The van der Waals surface area contributed by atoms with Gasteiger partial charge in [0.1, 0.15) is 0 Å². The molecule has 3 aliphatic carbocycles. The predicted octanol–water partition coefficient (Wildman–Crippen LogP) is 22.4. The molecule has 3 heteroatoms. The summed E-state index contributed by atoms with van der Waals surface area (Å²) in [4.78, 5) is 5.06. The molecule has 2 nitrogen and oxygen atoms in total. The van der Waals surface area contributed by atoms with E-state index in [0.29, 0.717) is 5.92 Å². The Morgan fingerprint density at radius 2 is 1.16 bits per heavy atom. The van der Waals surface area contributed by atoms with E-state index in [2.05, 4.69) is 313 Å². The van der Waals surface area contributed by atoms with Gasteiger partial charge in [-0.25, -0.2) is 0 Å². The molecular formula is C82H58N2S. The number of allylic oxidation sites excluding steroid dienone is 8. The van der Waals surface area contributed by atoms with Gasteiger partial charge in [0.2, 0.25) is 0 Å². The van der Waals surface area contributed by atoms with Gasteiger partial charge in [-0.3, -0.25) is 0 Å². The Balaban J connectivity index is 0.822. The Bertz CT molecular complexity index is 4930. The smallest absolute Gasteiger partial charge is 0.0750 e. The molecule has 0 fully saturated rings. The Morgan fingerprint density at radius 3 is 2.00 bits per heavy atom. The molecule has 85 heavy (non-hydrogen) atoms. The average molecular weight is 1100 g/mol. The first-order valence-corrected chi connectivity index (χ1v) is 30.8. The van der Waals surface area contributed by atoms with Crippen molar-refractivity contribution in [1.82, 2.24) is 0 Å². The third-order valence-electron chi connectivity index (χ3n) is 18.8. The summed E-state index contributed by atoms with van der Waals surface area (Å²) in [7, 11) is 0. The highest BCUT2D eigenvalue weighted by atomic mass is 32.1. The summed E-state index contributed by atoms with van der Waals surface area (Å²) in [5.41, 5.74) is 22.4. The number of hydrogen-bond acceptors (Lipinski definition) is 3. The Labute approximate surface area is 500 Å². The number of thiophene rings is 1. The van der Waals surface area contributed by atoms with Crippen LogP contribution in [0.15, 0.2) is 320 Å². The van der Waals surface area contributed by atoms with E-state index in [1.54, 1.807) is 0 Å². The van der Waals surface area contributed by atoms with E-state index >= 15 is 0 Å². The maximum Gasteiger partial charge on any atom is 0.0750 e. The number of nitrogens with zero attached hydrogens (tertiary/aromatic N) is 2. The van der Waals surface area contributed by atoms with Crippen LogP contribution < -0.4 is 9.80 Å². The lowest BCUT2D eigenvalue weighted by molar-refractivity contribution is 0.702. The molecule has 3 atom stereocenters. The number of fused-ring (bicyclic) bond motifs is 13. The van der Waals surface area contributed by atoms with Crippen molar-refractivity contribution in [2.45, 2.75) is 36.5 Å². The van der Waals surface area contributed by atoms with Crippen LogP contribution in [0, 0.1) is 0 Å². The van der Waals surface area contributed by atoms with Gasteiger partial charge in [0.25, 0.3) is 0 Å². The first-order valence-electron chi connectivity index (χ1n) is 30.0. The molecule has 17 rings (SSSR count). The second-order valence-electron chi connectivity index (χ2n) is 23.2. The van der Waals surface area contributed by atoms with Crippen LogP contribution in [-0.4, -0.2) is 0 Å². The van der Waals surface area contributed by atoms with Crippen molar-refractivity contribution in [3.8, 4) is 22.3 Å². The molecule has 0 saturated carbocycles. The van der Waals surface area contributed by atoms with Crippen molar-refractivity contribution < 1.29 is 0 Å².